The van der Waals surface area contributed by atoms with Crippen LogP contribution in [0.5, 0.6) is 5.75 Å². The molecule has 0 N–H and O–H groups in total. The van der Waals surface area contributed by atoms with Crippen LogP contribution in [0.15, 0.2) is 35.7 Å². The average molecular weight is 377 g/mol. The minimum absolute atomic E-state index is 0.172. The van der Waals surface area contributed by atoms with Crippen molar-refractivity contribution < 1.29 is 14.3 Å². The van der Waals surface area contributed by atoms with Crippen LogP contribution in [0.2, 0.25) is 0 Å². The molecule has 0 saturated carbocycles. The van der Waals surface area contributed by atoms with Crippen molar-refractivity contribution in [2.75, 3.05) is 20.3 Å². The summed E-state index contributed by atoms with van der Waals surface area (Å²) in [5.41, 5.74) is 0.913. The van der Waals surface area contributed by atoms with Crippen LogP contribution in [-0.4, -0.2) is 36.1 Å². The van der Waals surface area contributed by atoms with Crippen LogP contribution in [0.3, 0.4) is 0 Å². The first kappa shape index (κ1) is 20.4. The van der Waals surface area contributed by atoms with Gasteiger partial charge < -0.3 is 14.4 Å². The van der Waals surface area contributed by atoms with Gasteiger partial charge in [0.1, 0.15) is 17.4 Å². The Hall–Kier alpha value is -1.92. The summed E-state index contributed by atoms with van der Waals surface area (Å²) >= 11 is 1.57. The highest BCUT2D eigenvalue weighted by molar-refractivity contribution is 7.09. The van der Waals surface area contributed by atoms with Gasteiger partial charge in [-0.2, -0.15) is 0 Å². The molecule has 1 aromatic carbocycles. The van der Waals surface area contributed by atoms with Gasteiger partial charge in [0.05, 0.1) is 12.2 Å². The average Bonchev–Trinajstić information content (AvgIpc) is 3.07. The number of thiazole rings is 1. The van der Waals surface area contributed by atoms with Crippen molar-refractivity contribution in [1.82, 2.24) is 9.88 Å². The largest absolute Gasteiger partial charge is 0.486 e. The molecule has 6 heteroatoms. The van der Waals surface area contributed by atoms with Crippen LogP contribution >= 0.6 is 11.3 Å². The van der Waals surface area contributed by atoms with E-state index in [1.807, 2.05) is 40.6 Å². The first-order valence-electron chi connectivity index (χ1n) is 8.96. The topological polar surface area (TPSA) is 51.7 Å². The Morgan fingerprint density at radius 1 is 1.27 bits per heavy atom. The van der Waals surface area contributed by atoms with Gasteiger partial charge in [-0.1, -0.05) is 32.0 Å². The number of rotatable bonds is 11. The molecule has 0 bridgehead atoms. The second kappa shape index (κ2) is 10.9. The Morgan fingerprint density at radius 3 is 2.73 bits per heavy atom. The van der Waals surface area contributed by atoms with Gasteiger partial charge in [-0.3, -0.25) is 4.79 Å². The first-order valence-corrected chi connectivity index (χ1v) is 9.84. The van der Waals surface area contributed by atoms with Gasteiger partial charge in [0.15, 0.2) is 0 Å². The molecule has 26 heavy (non-hydrogen) atoms. The zero-order valence-electron chi connectivity index (χ0n) is 15.8. The lowest BCUT2D eigenvalue weighted by Gasteiger charge is -2.22. The highest BCUT2D eigenvalue weighted by Gasteiger charge is 2.16. The second-order valence-electron chi connectivity index (χ2n) is 6.59. The fourth-order valence-electron chi connectivity index (χ4n) is 2.52. The fraction of sp³-hybridized carbons (Fsp3) is 0.500. The molecule has 0 aliphatic rings. The lowest BCUT2D eigenvalue weighted by Crippen LogP contribution is -2.33. The van der Waals surface area contributed by atoms with E-state index in [0.717, 1.165) is 22.9 Å². The highest BCUT2D eigenvalue weighted by Crippen LogP contribution is 2.17. The molecule has 2 aromatic rings. The summed E-state index contributed by atoms with van der Waals surface area (Å²) in [5, 5.41) is 2.92. The third-order valence-corrected chi connectivity index (χ3v) is 4.64. The van der Waals surface area contributed by atoms with E-state index in [9.17, 15) is 4.79 Å². The number of nitrogens with zero attached hydrogens (tertiary/aromatic N) is 2. The normalized spacial score (nSPS) is 10.9. The predicted molar refractivity (Wildman–Crippen MR) is 104 cm³/mol. The molecular formula is C20H28N2O3S. The van der Waals surface area contributed by atoms with Gasteiger partial charge in [-0.25, -0.2) is 4.98 Å². The third-order valence-electron chi connectivity index (χ3n) is 3.77. The zero-order valence-corrected chi connectivity index (χ0v) is 16.6. The van der Waals surface area contributed by atoms with E-state index in [-0.39, 0.29) is 5.91 Å². The van der Waals surface area contributed by atoms with E-state index >= 15 is 0 Å². The van der Waals surface area contributed by atoms with Crippen LogP contribution in [0.25, 0.3) is 0 Å². The fourth-order valence-corrected chi connectivity index (χ4v) is 3.21. The number of hydrogen-bond acceptors (Lipinski definition) is 5. The van der Waals surface area contributed by atoms with Gasteiger partial charge in [0.25, 0.3) is 0 Å². The maximum atomic E-state index is 12.5. The lowest BCUT2D eigenvalue weighted by molar-refractivity contribution is -0.132. The summed E-state index contributed by atoms with van der Waals surface area (Å²) in [6, 6.07) is 9.70. The molecule has 142 valence electrons. The van der Waals surface area contributed by atoms with Crippen molar-refractivity contribution in [3.63, 3.8) is 0 Å². The van der Waals surface area contributed by atoms with Crippen LogP contribution in [0.4, 0.5) is 0 Å². The zero-order chi connectivity index (χ0) is 18.8. The molecule has 0 atom stereocenters. The first-order chi connectivity index (χ1) is 12.6. The number of para-hydroxylation sites is 1. The maximum absolute atomic E-state index is 12.5. The molecule has 0 radical (unpaired) electrons. The molecule has 2 rings (SSSR count). The summed E-state index contributed by atoms with van der Waals surface area (Å²) in [6.07, 6.45) is 1.38. The van der Waals surface area contributed by atoms with Crippen molar-refractivity contribution in [3.05, 3.63) is 46.4 Å². The van der Waals surface area contributed by atoms with Gasteiger partial charge in [0.2, 0.25) is 5.91 Å². The van der Waals surface area contributed by atoms with Crippen molar-refractivity contribution in [3.8, 4) is 5.75 Å². The van der Waals surface area contributed by atoms with Crippen molar-refractivity contribution in [2.24, 2.45) is 5.92 Å². The minimum atomic E-state index is 0.172. The molecule has 0 saturated heterocycles. The Kier molecular flexibility index (Phi) is 8.58. The summed E-state index contributed by atoms with van der Waals surface area (Å²) in [5.74, 6) is 1.35. The summed E-state index contributed by atoms with van der Waals surface area (Å²) in [4.78, 5) is 19.0. The Morgan fingerprint density at radius 2 is 2.04 bits per heavy atom. The predicted octanol–water partition coefficient (Wildman–Crippen LogP) is 4.13. The Bertz CT molecular complexity index is 658. The number of aromatic nitrogens is 1. The molecule has 1 amide bonds. The SMILES string of the molecule is COCCCN(Cc1csc(COc2ccccc2)n1)C(=O)CC(C)C. The van der Waals surface area contributed by atoms with Crippen molar-refractivity contribution in [1.29, 1.82) is 0 Å². The minimum Gasteiger partial charge on any atom is -0.486 e. The number of carbonyl (C=O) groups is 1. The molecule has 0 spiro atoms. The summed E-state index contributed by atoms with van der Waals surface area (Å²) in [6.45, 7) is 6.45. The van der Waals surface area contributed by atoms with Crippen LogP contribution < -0.4 is 4.74 Å². The number of methoxy groups -OCH3 is 1. The standard InChI is InChI=1S/C20H28N2O3S/c1-16(2)12-20(23)22(10-7-11-24-3)13-17-15-26-19(21-17)14-25-18-8-5-4-6-9-18/h4-6,8-9,15-16H,7,10-14H2,1-3H3. The molecule has 1 heterocycles. The van der Waals surface area contributed by atoms with E-state index in [0.29, 0.717) is 38.6 Å². The van der Waals surface area contributed by atoms with E-state index in [1.165, 1.54) is 0 Å². The number of ether oxygens (including phenoxy) is 2. The number of hydrogen-bond donors (Lipinski definition) is 0. The smallest absolute Gasteiger partial charge is 0.223 e. The van der Waals surface area contributed by atoms with Gasteiger partial charge >= 0.3 is 0 Å². The van der Waals surface area contributed by atoms with Gasteiger partial charge in [0, 0.05) is 32.1 Å². The number of amides is 1. The second-order valence-corrected chi connectivity index (χ2v) is 7.54. The maximum Gasteiger partial charge on any atom is 0.223 e. The number of benzene rings is 1. The van der Waals surface area contributed by atoms with Crippen LogP contribution in [-0.2, 0) is 22.7 Å². The van der Waals surface area contributed by atoms with E-state index < -0.39 is 0 Å². The molecular weight excluding hydrogens is 348 g/mol. The lowest BCUT2D eigenvalue weighted by atomic mass is 10.1. The molecule has 5 nitrogen and oxygen atoms in total. The van der Waals surface area contributed by atoms with Crippen LogP contribution in [0, 0.1) is 5.92 Å². The molecule has 0 aliphatic carbocycles. The van der Waals surface area contributed by atoms with E-state index in [4.69, 9.17) is 9.47 Å². The highest BCUT2D eigenvalue weighted by atomic mass is 32.1. The van der Waals surface area contributed by atoms with Crippen molar-refractivity contribution >= 4 is 17.2 Å². The monoisotopic (exact) mass is 376 g/mol. The third kappa shape index (κ3) is 7.14. The molecule has 1 aromatic heterocycles. The van der Waals surface area contributed by atoms with E-state index in [2.05, 4.69) is 18.8 Å². The van der Waals surface area contributed by atoms with Gasteiger partial charge in [-0.15, -0.1) is 11.3 Å². The van der Waals surface area contributed by atoms with Crippen LogP contribution in [0.1, 0.15) is 37.4 Å². The molecule has 0 unspecified atom stereocenters. The Balaban J connectivity index is 1.92. The van der Waals surface area contributed by atoms with E-state index in [1.54, 1.807) is 18.4 Å². The summed E-state index contributed by atoms with van der Waals surface area (Å²) < 4.78 is 10.9. The Labute approximate surface area is 160 Å². The molecule has 0 aliphatic heterocycles. The summed E-state index contributed by atoms with van der Waals surface area (Å²) in [7, 11) is 1.68. The van der Waals surface area contributed by atoms with Gasteiger partial charge in [-0.05, 0) is 24.5 Å². The quantitative estimate of drug-likeness (QED) is 0.553. The van der Waals surface area contributed by atoms with Crippen molar-refractivity contribution in [2.45, 2.75) is 39.8 Å². The molecule has 0 fully saturated rings. The number of carbonyl (C=O) groups excluding carboxylic acids is 1.